The topological polar surface area (TPSA) is 35.8 Å². The number of aryl methyl sites for hydroxylation is 1. The maximum Gasteiger partial charge on any atom is 0.0841 e. The Hall–Kier alpha value is -1.33. The number of rotatable bonds is 4. The molecule has 2 nitrogen and oxygen atoms in total. The molecule has 0 bridgehead atoms. The van der Waals surface area contributed by atoms with Crippen molar-refractivity contribution in [3.63, 3.8) is 0 Å². The van der Waals surface area contributed by atoms with Crippen molar-refractivity contribution < 1.29 is 0 Å². The van der Waals surface area contributed by atoms with E-state index in [1.807, 2.05) is 0 Å². The fourth-order valence-electron chi connectivity index (χ4n) is 1.24. The van der Waals surface area contributed by atoms with Gasteiger partial charge in [-0.1, -0.05) is 29.8 Å². The Labute approximate surface area is 79.2 Å². The number of benzene rings is 1. The molecule has 0 saturated heterocycles. The minimum atomic E-state index is 0.436. The largest absolute Gasteiger partial charge is 0.304 e. The van der Waals surface area contributed by atoms with Crippen molar-refractivity contribution in [3.05, 3.63) is 35.4 Å². The summed E-state index contributed by atoms with van der Waals surface area (Å²) in [4.78, 5) is 0. The number of nitriles is 1. The molecule has 0 saturated carbocycles. The second-order valence-electron chi connectivity index (χ2n) is 3.07. The fraction of sp³-hybridized carbons (Fsp3) is 0.364. The molecule has 0 aliphatic rings. The molecule has 1 rings (SSSR count). The molecule has 2 heteroatoms. The minimum Gasteiger partial charge on any atom is -0.304 e. The molecular weight excluding hydrogens is 160 g/mol. The van der Waals surface area contributed by atoms with Gasteiger partial charge in [0.15, 0.2) is 0 Å². The van der Waals surface area contributed by atoms with Crippen LogP contribution in [0.1, 0.15) is 11.1 Å². The highest BCUT2D eigenvalue weighted by atomic mass is 14.8. The van der Waals surface area contributed by atoms with Crippen LogP contribution in [-0.4, -0.2) is 13.1 Å². The average Bonchev–Trinajstić information content (AvgIpc) is 2.13. The van der Waals surface area contributed by atoms with Gasteiger partial charge in [0.05, 0.1) is 12.6 Å². The Morgan fingerprint density at radius 3 is 3.00 bits per heavy atom. The normalized spacial score (nSPS) is 9.54. The Bertz CT molecular complexity index is 299. The highest BCUT2D eigenvalue weighted by Crippen LogP contribution is 2.03. The van der Waals surface area contributed by atoms with Gasteiger partial charge < -0.3 is 5.32 Å². The third-order valence-corrected chi connectivity index (χ3v) is 1.88. The molecular formula is C11H14N2. The van der Waals surface area contributed by atoms with E-state index in [2.05, 4.69) is 42.6 Å². The van der Waals surface area contributed by atoms with Crippen LogP contribution >= 0.6 is 0 Å². The van der Waals surface area contributed by atoms with Crippen LogP contribution in [0.15, 0.2) is 24.3 Å². The Morgan fingerprint density at radius 2 is 2.31 bits per heavy atom. The van der Waals surface area contributed by atoms with E-state index < -0.39 is 0 Å². The van der Waals surface area contributed by atoms with Crippen LogP contribution < -0.4 is 5.32 Å². The van der Waals surface area contributed by atoms with Gasteiger partial charge in [0.25, 0.3) is 0 Å². The van der Waals surface area contributed by atoms with Crippen molar-refractivity contribution in [1.29, 1.82) is 5.26 Å². The molecule has 0 radical (unpaired) electrons. The molecule has 0 fully saturated rings. The second kappa shape index (κ2) is 5.34. The summed E-state index contributed by atoms with van der Waals surface area (Å²) in [7, 11) is 0. The molecule has 68 valence electrons. The molecule has 0 spiro atoms. The molecule has 0 heterocycles. The van der Waals surface area contributed by atoms with Gasteiger partial charge in [-0.15, -0.1) is 0 Å². The summed E-state index contributed by atoms with van der Waals surface area (Å²) < 4.78 is 0. The van der Waals surface area contributed by atoms with Crippen molar-refractivity contribution in [2.75, 3.05) is 13.1 Å². The van der Waals surface area contributed by atoms with E-state index in [-0.39, 0.29) is 0 Å². The van der Waals surface area contributed by atoms with Gasteiger partial charge in [-0.2, -0.15) is 5.26 Å². The molecule has 0 amide bonds. The van der Waals surface area contributed by atoms with Gasteiger partial charge in [-0.05, 0) is 18.9 Å². The van der Waals surface area contributed by atoms with E-state index in [1.54, 1.807) is 0 Å². The quantitative estimate of drug-likeness (QED) is 0.556. The number of nitrogens with zero attached hydrogens (tertiary/aromatic N) is 1. The molecule has 13 heavy (non-hydrogen) atoms. The van der Waals surface area contributed by atoms with Crippen molar-refractivity contribution >= 4 is 0 Å². The highest BCUT2D eigenvalue weighted by molar-refractivity contribution is 5.22. The zero-order chi connectivity index (χ0) is 9.52. The Morgan fingerprint density at radius 1 is 1.46 bits per heavy atom. The van der Waals surface area contributed by atoms with Gasteiger partial charge in [0.1, 0.15) is 0 Å². The average molecular weight is 174 g/mol. The molecule has 0 aliphatic heterocycles. The maximum absolute atomic E-state index is 8.30. The number of hydrogen-bond donors (Lipinski definition) is 1. The standard InChI is InChI=1S/C11H14N2/c1-10-3-2-4-11(9-10)5-7-13-8-6-12/h2-4,9,13H,5,7-8H2,1H3. The van der Waals surface area contributed by atoms with Gasteiger partial charge >= 0.3 is 0 Å². The molecule has 1 aromatic carbocycles. The summed E-state index contributed by atoms with van der Waals surface area (Å²) >= 11 is 0. The first-order valence-corrected chi connectivity index (χ1v) is 4.46. The lowest BCUT2D eigenvalue weighted by Crippen LogP contribution is -2.17. The van der Waals surface area contributed by atoms with Crippen LogP contribution in [0.5, 0.6) is 0 Å². The van der Waals surface area contributed by atoms with E-state index in [0.717, 1.165) is 13.0 Å². The zero-order valence-corrected chi connectivity index (χ0v) is 7.88. The van der Waals surface area contributed by atoms with E-state index >= 15 is 0 Å². The molecule has 1 aromatic rings. The predicted molar refractivity (Wildman–Crippen MR) is 53.4 cm³/mol. The summed E-state index contributed by atoms with van der Waals surface area (Å²) in [6, 6.07) is 10.5. The second-order valence-corrected chi connectivity index (χ2v) is 3.07. The van der Waals surface area contributed by atoms with Crippen LogP contribution in [-0.2, 0) is 6.42 Å². The highest BCUT2D eigenvalue weighted by Gasteiger charge is 1.92. The van der Waals surface area contributed by atoms with Crippen molar-refractivity contribution in [2.45, 2.75) is 13.3 Å². The smallest absolute Gasteiger partial charge is 0.0841 e. The predicted octanol–water partition coefficient (Wildman–Crippen LogP) is 1.65. The molecule has 0 unspecified atom stereocenters. The van der Waals surface area contributed by atoms with E-state index in [0.29, 0.717) is 6.54 Å². The van der Waals surface area contributed by atoms with E-state index in [1.165, 1.54) is 11.1 Å². The summed E-state index contributed by atoms with van der Waals surface area (Å²) in [5.74, 6) is 0. The van der Waals surface area contributed by atoms with Crippen LogP contribution in [0, 0.1) is 18.3 Å². The molecule has 0 atom stereocenters. The number of nitrogens with one attached hydrogen (secondary N) is 1. The molecule has 0 aliphatic carbocycles. The molecule has 1 N–H and O–H groups in total. The monoisotopic (exact) mass is 174 g/mol. The van der Waals surface area contributed by atoms with Crippen LogP contribution in [0.2, 0.25) is 0 Å². The third kappa shape index (κ3) is 3.73. The van der Waals surface area contributed by atoms with Crippen LogP contribution in [0.3, 0.4) is 0 Å². The fourth-order valence-corrected chi connectivity index (χ4v) is 1.24. The SMILES string of the molecule is Cc1cccc(CCNCC#N)c1. The lowest BCUT2D eigenvalue weighted by Gasteiger charge is -2.01. The first-order chi connectivity index (χ1) is 6.33. The Balaban J connectivity index is 2.33. The van der Waals surface area contributed by atoms with Gasteiger partial charge in [0.2, 0.25) is 0 Å². The first-order valence-electron chi connectivity index (χ1n) is 4.46. The summed E-state index contributed by atoms with van der Waals surface area (Å²) in [6.07, 6.45) is 0.989. The van der Waals surface area contributed by atoms with Gasteiger partial charge in [-0.3, -0.25) is 0 Å². The minimum absolute atomic E-state index is 0.436. The van der Waals surface area contributed by atoms with Crippen molar-refractivity contribution in [1.82, 2.24) is 5.32 Å². The lowest BCUT2D eigenvalue weighted by atomic mass is 10.1. The van der Waals surface area contributed by atoms with Crippen molar-refractivity contribution in [2.24, 2.45) is 0 Å². The zero-order valence-electron chi connectivity index (χ0n) is 7.88. The maximum atomic E-state index is 8.30. The third-order valence-electron chi connectivity index (χ3n) is 1.88. The van der Waals surface area contributed by atoms with E-state index in [9.17, 15) is 0 Å². The summed E-state index contributed by atoms with van der Waals surface area (Å²) in [5.41, 5.74) is 2.61. The van der Waals surface area contributed by atoms with Gasteiger partial charge in [0, 0.05) is 6.54 Å². The molecule has 0 aromatic heterocycles. The van der Waals surface area contributed by atoms with Crippen LogP contribution in [0.25, 0.3) is 0 Å². The summed E-state index contributed by atoms with van der Waals surface area (Å²) in [6.45, 7) is 3.40. The van der Waals surface area contributed by atoms with E-state index in [4.69, 9.17) is 5.26 Å². The number of hydrogen-bond acceptors (Lipinski definition) is 2. The lowest BCUT2D eigenvalue weighted by molar-refractivity contribution is 0.749. The van der Waals surface area contributed by atoms with Crippen LogP contribution in [0.4, 0.5) is 0 Å². The first kappa shape index (κ1) is 9.76. The Kier molecular flexibility index (Phi) is 4.01. The van der Waals surface area contributed by atoms with Crippen molar-refractivity contribution in [3.8, 4) is 6.07 Å². The summed E-state index contributed by atoms with van der Waals surface area (Å²) in [5, 5.41) is 11.3. The van der Waals surface area contributed by atoms with Gasteiger partial charge in [-0.25, -0.2) is 0 Å².